The van der Waals surface area contributed by atoms with Gasteiger partial charge >= 0.3 is 0 Å². The number of phenols is 2. The first-order valence-electron chi connectivity index (χ1n) is 5.04. The zero-order valence-corrected chi connectivity index (χ0v) is 13.3. The Morgan fingerprint density at radius 1 is 0.789 bits per heavy atom. The summed E-state index contributed by atoms with van der Waals surface area (Å²) in [6, 6.07) is 8.15. The summed E-state index contributed by atoms with van der Waals surface area (Å²) in [6.45, 7) is 0. The molecule has 0 fully saturated rings. The Balaban J connectivity index is 2.72. The molecule has 2 aromatic carbocycles. The molecule has 0 bridgehead atoms. The van der Waals surface area contributed by atoms with E-state index in [1.807, 2.05) is 0 Å². The van der Waals surface area contributed by atoms with E-state index < -0.39 is 9.84 Å². The maximum absolute atomic E-state index is 12.4. The van der Waals surface area contributed by atoms with Gasteiger partial charge in [-0.1, -0.05) is 31.9 Å². The summed E-state index contributed by atoms with van der Waals surface area (Å²) in [6.07, 6.45) is 0. The number of phenolic OH excluding ortho intramolecular Hbond substituents is 2. The van der Waals surface area contributed by atoms with Crippen molar-refractivity contribution in [3.63, 3.8) is 0 Å². The average Bonchev–Trinajstić information content (AvgIpc) is 2.35. The van der Waals surface area contributed by atoms with Crippen LogP contribution in [0.4, 0.5) is 0 Å². The minimum Gasteiger partial charge on any atom is -0.507 e. The zero-order chi connectivity index (χ0) is 14.2. The Morgan fingerprint density at radius 3 is 1.53 bits per heavy atom. The minimum atomic E-state index is -4.01. The summed E-state index contributed by atoms with van der Waals surface area (Å²) in [7, 11) is -4.01. The van der Waals surface area contributed by atoms with E-state index in [0.29, 0.717) is 8.95 Å². The Labute approximate surface area is 126 Å². The Hall–Kier alpha value is -1.05. The third-order valence-electron chi connectivity index (χ3n) is 2.42. The van der Waals surface area contributed by atoms with E-state index in [4.69, 9.17) is 0 Å². The van der Waals surface area contributed by atoms with Gasteiger partial charge < -0.3 is 10.2 Å². The largest absolute Gasteiger partial charge is 0.507 e. The molecule has 0 saturated carbocycles. The first-order valence-corrected chi connectivity index (χ1v) is 8.11. The van der Waals surface area contributed by atoms with Crippen LogP contribution in [0.1, 0.15) is 0 Å². The predicted molar refractivity (Wildman–Crippen MR) is 77.1 cm³/mol. The third kappa shape index (κ3) is 2.77. The topological polar surface area (TPSA) is 74.6 Å². The number of aromatic hydroxyl groups is 2. The van der Waals surface area contributed by atoms with E-state index in [2.05, 4.69) is 31.9 Å². The van der Waals surface area contributed by atoms with Crippen LogP contribution in [-0.4, -0.2) is 18.6 Å². The van der Waals surface area contributed by atoms with Crippen molar-refractivity contribution < 1.29 is 18.6 Å². The summed E-state index contributed by atoms with van der Waals surface area (Å²) in [5, 5.41) is 19.4. The fourth-order valence-corrected chi connectivity index (χ4v) is 4.04. The van der Waals surface area contributed by atoms with Gasteiger partial charge in [0.15, 0.2) is 0 Å². The highest BCUT2D eigenvalue weighted by Crippen LogP contribution is 2.35. The van der Waals surface area contributed by atoms with Crippen LogP contribution in [0.2, 0.25) is 0 Å². The van der Waals surface area contributed by atoms with Gasteiger partial charge in [-0.15, -0.1) is 0 Å². The zero-order valence-electron chi connectivity index (χ0n) is 9.34. The highest BCUT2D eigenvalue weighted by Gasteiger charge is 2.25. The van der Waals surface area contributed by atoms with E-state index in [9.17, 15) is 18.6 Å². The van der Waals surface area contributed by atoms with Gasteiger partial charge in [-0.3, -0.25) is 0 Å². The summed E-state index contributed by atoms with van der Waals surface area (Å²) < 4.78 is 25.9. The van der Waals surface area contributed by atoms with E-state index in [0.717, 1.165) is 0 Å². The molecule has 2 N–H and O–H groups in total. The Bertz CT molecular complexity index is 684. The first-order chi connectivity index (χ1) is 8.82. The SMILES string of the molecule is O=S(=O)(c1cc(Br)ccc1O)c1cc(Br)ccc1O. The van der Waals surface area contributed by atoms with Gasteiger partial charge in [0.1, 0.15) is 21.3 Å². The molecule has 19 heavy (non-hydrogen) atoms. The molecule has 0 atom stereocenters. The van der Waals surface area contributed by atoms with Gasteiger partial charge in [0, 0.05) is 8.95 Å². The van der Waals surface area contributed by atoms with Crippen molar-refractivity contribution in [1.29, 1.82) is 0 Å². The number of rotatable bonds is 2. The van der Waals surface area contributed by atoms with Crippen molar-refractivity contribution in [2.45, 2.75) is 9.79 Å². The number of halogens is 2. The van der Waals surface area contributed by atoms with Gasteiger partial charge in [0.2, 0.25) is 9.84 Å². The van der Waals surface area contributed by atoms with E-state index in [-0.39, 0.29) is 21.3 Å². The molecule has 0 amide bonds. The summed E-state index contributed by atoms with van der Waals surface area (Å²) in [5.41, 5.74) is 0. The molecule has 0 aliphatic carbocycles. The molecule has 0 unspecified atom stereocenters. The van der Waals surface area contributed by atoms with E-state index in [1.54, 1.807) is 0 Å². The molecule has 0 saturated heterocycles. The lowest BCUT2D eigenvalue weighted by Crippen LogP contribution is -2.03. The molecule has 0 aliphatic heterocycles. The molecule has 100 valence electrons. The molecule has 0 aromatic heterocycles. The molecule has 0 heterocycles. The maximum Gasteiger partial charge on any atom is 0.213 e. The lowest BCUT2D eigenvalue weighted by atomic mass is 10.3. The molecule has 0 spiro atoms. The lowest BCUT2D eigenvalue weighted by molar-refractivity contribution is 0.452. The predicted octanol–water partition coefficient (Wildman–Crippen LogP) is 3.46. The lowest BCUT2D eigenvalue weighted by Gasteiger charge is -2.09. The highest BCUT2D eigenvalue weighted by atomic mass is 79.9. The quantitative estimate of drug-likeness (QED) is 0.799. The second-order valence-corrected chi connectivity index (χ2v) is 7.45. The minimum absolute atomic E-state index is 0.268. The highest BCUT2D eigenvalue weighted by molar-refractivity contribution is 9.10. The van der Waals surface area contributed by atoms with Crippen LogP contribution in [0.3, 0.4) is 0 Å². The molecule has 0 aliphatic rings. The molecular formula is C12H8Br2O4S. The van der Waals surface area contributed by atoms with Crippen LogP contribution in [0.15, 0.2) is 55.1 Å². The van der Waals surface area contributed by atoms with Crippen LogP contribution < -0.4 is 0 Å². The Morgan fingerprint density at radius 2 is 1.16 bits per heavy atom. The standard InChI is InChI=1S/C12H8Br2O4S/c13-7-1-3-9(15)11(5-7)19(17,18)12-6-8(14)2-4-10(12)16/h1-6,15-16H. The second-order valence-electron chi connectivity index (χ2n) is 3.73. The average molecular weight is 408 g/mol. The number of hydrogen-bond donors (Lipinski definition) is 2. The summed E-state index contributed by atoms with van der Waals surface area (Å²) >= 11 is 6.29. The second kappa shape index (κ2) is 5.15. The van der Waals surface area contributed by atoms with Crippen molar-refractivity contribution in [2.75, 3.05) is 0 Å². The number of hydrogen-bond acceptors (Lipinski definition) is 4. The number of sulfone groups is 1. The van der Waals surface area contributed by atoms with Crippen molar-refractivity contribution >= 4 is 41.7 Å². The van der Waals surface area contributed by atoms with Crippen molar-refractivity contribution in [3.05, 3.63) is 45.3 Å². The Kier molecular flexibility index (Phi) is 3.89. The number of benzene rings is 2. The van der Waals surface area contributed by atoms with Crippen LogP contribution in [0.5, 0.6) is 11.5 Å². The van der Waals surface area contributed by atoms with E-state index >= 15 is 0 Å². The first kappa shape index (κ1) is 14.4. The molecule has 7 heteroatoms. The summed E-state index contributed by atoms with van der Waals surface area (Å²) in [5.74, 6) is -0.745. The molecule has 2 rings (SSSR count). The monoisotopic (exact) mass is 406 g/mol. The van der Waals surface area contributed by atoms with Gasteiger partial charge in [0.25, 0.3) is 0 Å². The van der Waals surface area contributed by atoms with Gasteiger partial charge in [0.05, 0.1) is 0 Å². The normalized spacial score (nSPS) is 11.5. The van der Waals surface area contributed by atoms with E-state index in [1.165, 1.54) is 36.4 Å². The molecule has 4 nitrogen and oxygen atoms in total. The fourth-order valence-electron chi connectivity index (χ4n) is 1.52. The smallest absolute Gasteiger partial charge is 0.213 e. The van der Waals surface area contributed by atoms with Crippen molar-refractivity contribution in [1.82, 2.24) is 0 Å². The third-order valence-corrected chi connectivity index (χ3v) is 5.22. The molecule has 0 radical (unpaired) electrons. The van der Waals surface area contributed by atoms with Crippen LogP contribution >= 0.6 is 31.9 Å². The fraction of sp³-hybridized carbons (Fsp3) is 0. The van der Waals surface area contributed by atoms with Crippen LogP contribution in [0, 0.1) is 0 Å². The molecule has 2 aromatic rings. The van der Waals surface area contributed by atoms with Crippen molar-refractivity contribution in [2.24, 2.45) is 0 Å². The van der Waals surface area contributed by atoms with Gasteiger partial charge in [-0.25, -0.2) is 8.42 Å². The summed E-state index contributed by atoms with van der Waals surface area (Å²) in [4.78, 5) is -0.537. The van der Waals surface area contributed by atoms with Crippen LogP contribution in [0.25, 0.3) is 0 Å². The van der Waals surface area contributed by atoms with Gasteiger partial charge in [-0.05, 0) is 36.4 Å². The maximum atomic E-state index is 12.4. The van der Waals surface area contributed by atoms with Crippen molar-refractivity contribution in [3.8, 4) is 11.5 Å². The van der Waals surface area contributed by atoms with Crippen LogP contribution in [-0.2, 0) is 9.84 Å². The van der Waals surface area contributed by atoms with Gasteiger partial charge in [-0.2, -0.15) is 0 Å². The molecular weight excluding hydrogens is 400 g/mol.